The molecule has 0 unspecified atom stereocenters. The van der Waals surface area contributed by atoms with Crippen LogP contribution in [0.15, 0.2) is 26.9 Å². The summed E-state index contributed by atoms with van der Waals surface area (Å²) in [7, 11) is 0. The molecule has 0 spiro atoms. The molecule has 0 bridgehead atoms. The van der Waals surface area contributed by atoms with Crippen molar-refractivity contribution in [2.45, 2.75) is 32.7 Å². The molecule has 2 aromatic rings. The van der Waals surface area contributed by atoms with Crippen LogP contribution >= 0.6 is 23.1 Å². The Kier molecular flexibility index (Phi) is 4.11. The molecule has 6 nitrogen and oxygen atoms in total. The first kappa shape index (κ1) is 15.9. The molecule has 1 fully saturated rings. The minimum Gasteiger partial charge on any atom is -0.339 e. The smallest absolute Gasteiger partial charge is 0.293 e. The Morgan fingerprint density at radius 2 is 2.13 bits per heavy atom. The van der Waals surface area contributed by atoms with Crippen molar-refractivity contribution >= 4 is 40.3 Å². The number of imide groups is 1. The zero-order valence-electron chi connectivity index (χ0n) is 12.9. The van der Waals surface area contributed by atoms with Gasteiger partial charge in [0.1, 0.15) is 0 Å². The third-order valence-corrected chi connectivity index (χ3v) is 4.83. The number of rotatable bonds is 3. The highest BCUT2D eigenvalue weighted by Crippen LogP contribution is 2.33. The molecule has 0 N–H and O–H groups in total. The lowest BCUT2D eigenvalue weighted by Gasteiger charge is -2.11. The van der Waals surface area contributed by atoms with Crippen LogP contribution < -0.4 is 0 Å². The quantitative estimate of drug-likeness (QED) is 0.787. The summed E-state index contributed by atoms with van der Waals surface area (Å²) in [6.45, 7) is 5.88. The monoisotopic (exact) mass is 349 g/mol. The first-order valence-corrected chi connectivity index (χ1v) is 8.66. The summed E-state index contributed by atoms with van der Waals surface area (Å²) < 4.78 is 5.19. The van der Waals surface area contributed by atoms with Gasteiger partial charge in [0.05, 0.1) is 11.4 Å². The van der Waals surface area contributed by atoms with E-state index < -0.39 is 0 Å². The zero-order valence-corrected chi connectivity index (χ0v) is 14.5. The number of amides is 2. The highest BCUT2D eigenvalue weighted by atomic mass is 32.2. The number of hydrogen-bond donors (Lipinski definition) is 0. The van der Waals surface area contributed by atoms with E-state index in [4.69, 9.17) is 4.52 Å². The van der Waals surface area contributed by atoms with Gasteiger partial charge in [0.15, 0.2) is 5.82 Å². The van der Waals surface area contributed by atoms with Gasteiger partial charge in [0.2, 0.25) is 5.89 Å². The Hall–Kier alpha value is -1.93. The molecule has 3 rings (SSSR count). The largest absolute Gasteiger partial charge is 0.339 e. The van der Waals surface area contributed by atoms with Gasteiger partial charge in [-0.25, -0.2) is 0 Å². The molecule has 1 saturated heterocycles. The molecule has 2 aromatic heterocycles. The van der Waals surface area contributed by atoms with Gasteiger partial charge in [0.25, 0.3) is 11.1 Å². The first-order valence-electron chi connectivity index (χ1n) is 6.96. The molecule has 0 aliphatic carbocycles. The van der Waals surface area contributed by atoms with E-state index in [0.29, 0.717) is 16.6 Å². The summed E-state index contributed by atoms with van der Waals surface area (Å²) >= 11 is 2.44. The van der Waals surface area contributed by atoms with Crippen LogP contribution in [0.4, 0.5) is 4.79 Å². The number of nitrogens with zero attached hydrogens (tertiary/aromatic N) is 3. The van der Waals surface area contributed by atoms with Gasteiger partial charge in [-0.15, -0.1) is 11.3 Å². The lowest BCUT2D eigenvalue weighted by atomic mass is 9.97. The number of carbonyl (C=O) groups excluding carboxylic acids is 2. The molecule has 1 aliphatic rings. The predicted molar refractivity (Wildman–Crippen MR) is 88.8 cm³/mol. The topological polar surface area (TPSA) is 76.3 Å². The van der Waals surface area contributed by atoms with Crippen molar-refractivity contribution < 1.29 is 14.1 Å². The molecule has 0 atom stereocenters. The molecule has 2 amide bonds. The number of thioether (sulfide) groups is 1. The van der Waals surface area contributed by atoms with Crippen LogP contribution in [0.2, 0.25) is 0 Å². The second-order valence-corrected chi connectivity index (χ2v) is 8.02. The minimum absolute atomic E-state index is 0.0199. The van der Waals surface area contributed by atoms with Crippen LogP contribution in [-0.4, -0.2) is 26.2 Å². The summed E-state index contributed by atoms with van der Waals surface area (Å²) in [6.07, 6.45) is 1.73. The van der Waals surface area contributed by atoms with Crippen LogP contribution in [0.5, 0.6) is 0 Å². The summed E-state index contributed by atoms with van der Waals surface area (Å²) in [6, 6.07) is 3.79. The van der Waals surface area contributed by atoms with Gasteiger partial charge >= 0.3 is 0 Å². The molecular formula is C15H15N3O3S2. The van der Waals surface area contributed by atoms with Crippen LogP contribution in [-0.2, 0) is 16.8 Å². The maximum Gasteiger partial charge on any atom is 0.293 e. The van der Waals surface area contributed by atoms with E-state index in [1.54, 1.807) is 6.08 Å². The van der Waals surface area contributed by atoms with E-state index in [9.17, 15) is 9.59 Å². The summed E-state index contributed by atoms with van der Waals surface area (Å²) in [5.41, 5.74) is -0.275. The van der Waals surface area contributed by atoms with Gasteiger partial charge in [0, 0.05) is 10.3 Å². The van der Waals surface area contributed by atoms with E-state index >= 15 is 0 Å². The van der Waals surface area contributed by atoms with Crippen LogP contribution in [0.1, 0.15) is 37.4 Å². The van der Waals surface area contributed by atoms with Crippen molar-refractivity contribution in [3.05, 3.63) is 39.0 Å². The SMILES string of the molecule is CC(C)(C)c1nc(CN2C(=O)S/C(=C\c3cccs3)C2=O)no1. The molecular weight excluding hydrogens is 334 g/mol. The molecule has 23 heavy (non-hydrogen) atoms. The summed E-state index contributed by atoms with van der Waals surface area (Å²) in [4.78, 5) is 31.2. The third-order valence-electron chi connectivity index (χ3n) is 3.10. The van der Waals surface area contributed by atoms with Gasteiger partial charge in [-0.3, -0.25) is 14.5 Å². The second kappa shape index (κ2) is 5.93. The lowest BCUT2D eigenvalue weighted by Crippen LogP contribution is -2.28. The summed E-state index contributed by atoms with van der Waals surface area (Å²) in [5.74, 6) is 0.485. The van der Waals surface area contributed by atoms with Gasteiger partial charge in [-0.2, -0.15) is 4.98 Å². The van der Waals surface area contributed by atoms with E-state index in [-0.39, 0.29) is 23.1 Å². The van der Waals surface area contributed by atoms with Crippen molar-refractivity contribution in [1.82, 2.24) is 15.0 Å². The van der Waals surface area contributed by atoms with Gasteiger partial charge in [-0.1, -0.05) is 32.0 Å². The average molecular weight is 349 g/mol. The van der Waals surface area contributed by atoms with Crippen molar-refractivity contribution in [3.8, 4) is 0 Å². The van der Waals surface area contributed by atoms with Crippen LogP contribution in [0.3, 0.4) is 0 Å². The second-order valence-electron chi connectivity index (χ2n) is 6.05. The first-order chi connectivity index (χ1) is 10.8. The Bertz CT molecular complexity index is 772. The van der Waals surface area contributed by atoms with E-state index in [0.717, 1.165) is 21.5 Å². The van der Waals surface area contributed by atoms with E-state index in [1.807, 2.05) is 38.3 Å². The number of aromatic nitrogens is 2. The Labute approximate surface area is 141 Å². The molecule has 1 aliphatic heterocycles. The molecule has 3 heterocycles. The zero-order chi connectivity index (χ0) is 16.6. The number of thiophene rings is 1. The fourth-order valence-electron chi connectivity index (χ4n) is 1.90. The summed E-state index contributed by atoms with van der Waals surface area (Å²) in [5, 5.41) is 5.46. The number of hydrogen-bond acceptors (Lipinski definition) is 7. The Balaban J connectivity index is 1.77. The molecule has 120 valence electrons. The van der Waals surface area contributed by atoms with Crippen molar-refractivity contribution in [2.75, 3.05) is 0 Å². The lowest BCUT2D eigenvalue weighted by molar-refractivity contribution is -0.123. The normalized spacial score (nSPS) is 17.5. The molecule has 8 heteroatoms. The van der Waals surface area contributed by atoms with Gasteiger partial charge < -0.3 is 4.52 Å². The highest BCUT2D eigenvalue weighted by Gasteiger charge is 2.36. The fourth-order valence-corrected chi connectivity index (χ4v) is 3.46. The van der Waals surface area contributed by atoms with E-state index in [1.165, 1.54) is 11.3 Å². The third kappa shape index (κ3) is 3.37. The van der Waals surface area contributed by atoms with Crippen molar-refractivity contribution in [3.63, 3.8) is 0 Å². The number of carbonyl (C=O) groups is 2. The Morgan fingerprint density at radius 1 is 1.35 bits per heavy atom. The fraction of sp³-hybridized carbons (Fsp3) is 0.333. The molecule has 0 saturated carbocycles. The van der Waals surface area contributed by atoms with Crippen LogP contribution in [0.25, 0.3) is 6.08 Å². The maximum atomic E-state index is 12.4. The molecule has 0 aromatic carbocycles. The standard InChI is InChI=1S/C15H15N3O3S2/c1-15(2,3)13-16-11(17-21-13)8-18-12(19)10(23-14(18)20)7-9-5-4-6-22-9/h4-7H,8H2,1-3H3/b10-7-. The van der Waals surface area contributed by atoms with Crippen molar-refractivity contribution in [1.29, 1.82) is 0 Å². The van der Waals surface area contributed by atoms with Gasteiger partial charge in [-0.05, 0) is 29.3 Å². The maximum absolute atomic E-state index is 12.4. The van der Waals surface area contributed by atoms with Crippen LogP contribution in [0, 0.1) is 0 Å². The molecule has 0 radical (unpaired) electrons. The Morgan fingerprint density at radius 3 is 2.74 bits per heavy atom. The predicted octanol–water partition coefficient (Wildman–Crippen LogP) is 3.67. The minimum atomic E-state index is -0.324. The average Bonchev–Trinajstić information content (AvgIpc) is 3.17. The van der Waals surface area contributed by atoms with E-state index in [2.05, 4.69) is 10.1 Å². The highest BCUT2D eigenvalue weighted by molar-refractivity contribution is 8.18. The van der Waals surface area contributed by atoms with Crippen molar-refractivity contribution in [2.24, 2.45) is 0 Å².